The molecule has 0 unspecified atom stereocenters. The van der Waals surface area contributed by atoms with E-state index in [2.05, 4.69) is 21.2 Å². The molecule has 0 aliphatic carbocycles. The number of hydrogen-bond acceptors (Lipinski definition) is 5. The summed E-state index contributed by atoms with van der Waals surface area (Å²) in [6, 6.07) is 5.50. The molecule has 0 saturated carbocycles. The number of rotatable bonds is 7. The van der Waals surface area contributed by atoms with Gasteiger partial charge < -0.3 is 5.32 Å². The van der Waals surface area contributed by atoms with Crippen molar-refractivity contribution in [1.82, 2.24) is 9.62 Å². The largest absolute Gasteiger partial charge is 0.312 e. The van der Waals surface area contributed by atoms with Crippen LogP contribution in [0.5, 0.6) is 0 Å². The summed E-state index contributed by atoms with van der Waals surface area (Å²) >= 11 is 6.27. The maximum absolute atomic E-state index is 12.5. The Morgan fingerprint density at radius 3 is 2.76 bits per heavy atom. The lowest BCUT2D eigenvalue weighted by Gasteiger charge is -2.15. The summed E-state index contributed by atoms with van der Waals surface area (Å²) in [4.78, 5) is 1.03. The fraction of sp³-hybridized carbons (Fsp3) is 0.385. The van der Waals surface area contributed by atoms with Crippen molar-refractivity contribution in [2.75, 3.05) is 13.6 Å². The number of halogens is 1. The highest BCUT2D eigenvalue weighted by Gasteiger charge is 2.23. The lowest BCUT2D eigenvalue weighted by molar-refractivity contribution is 0.469. The highest BCUT2D eigenvalue weighted by molar-refractivity contribution is 9.11. The summed E-state index contributed by atoms with van der Waals surface area (Å²) in [6.45, 7) is 3.98. The van der Waals surface area contributed by atoms with Gasteiger partial charge in [0.25, 0.3) is 10.0 Å². The molecule has 0 spiro atoms. The quantitative estimate of drug-likeness (QED) is 0.762. The van der Waals surface area contributed by atoms with E-state index in [-0.39, 0.29) is 0 Å². The topological polar surface area (TPSA) is 49.4 Å². The van der Waals surface area contributed by atoms with Gasteiger partial charge in [-0.15, -0.1) is 22.7 Å². The van der Waals surface area contributed by atoms with Crippen LogP contribution >= 0.6 is 38.6 Å². The Kier molecular flexibility index (Phi) is 5.98. The van der Waals surface area contributed by atoms with E-state index in [0.29, 0.717) is 17.3 Å². The van der Waals surface area contributed by atoms with Crippen LogP contribution in [0.4, 0.5) is 0 Å². The van der Waals surface area contributed by atoms with Gasteiger partial charge in [-0.25, -0.2) is 8.42 Å². The lowest BCUT2D eigenvalue weighted by atomic mass is 10.3. The minimum atomic E-state index is -3.42. The number of sulfonamides is 1. The first-order valence-electron chi connectivity index (χ1n) is 6.42. The Morgan fingerprint density at radius 2 is 2.14 bits per heavy atom. The van der Waals surface area contributed by atoms with Gasteiger partial charge in [0.05, 0.1) is 3.79 Å². The third-order valence-electron chi connectivity index (χ3n) is 2.88. The second-order valence-corrected chi connectivity index (χ2v) is 10.3. The zero-order chi connectivity index (χ0) is 15.5. The summed E-state index contributed by atoms with van der Waals surface area (Å²) < 4.78 is 27.9. The summed E-state index contributed by atoms with van der Waals surface area (Å²) in [5.41, 5.74) is 0.988. The van der Waals surface area contributed by atoms with E-state index in [1.54, 1.807) is 24.5 Å². The third-order valence-corrected chi connectivity index (χ3v) is 7.79. The van der Waals surface area contributed by atoms with Gasteiger partial charge in [-0.1, -0.05) is 6.92 Å². The van der Waals surface area contributed by atoms with E-state index in [9.17, 15) is 8.42 Å². The molecule has 1 N–H and O–H groups in total. The van der Waals surface area contributed by atoms with Crippen molar-refractivity contribution in [1.29, 1.82) is 0 Å². The molecule has 2 aromatic rings. The molecule has 0 radical (unpaired) electrons. The van der Waals surface area contributed by atoms with Crippen molar-refractivity contribution in [2.45, 2.75) is 24.2 Å². The van der Waals surface area contributed by atoms with E-state index in [1.807, 2.05) is 24.4 Å². The first-order valence-corrected chi connectivity index (χ1v) is 10.3. The summed E-state index contributed by atoms with van der Waals surface area (Å²) in [5.74, 6) is 0. The Hall–Kier alpha value is -0.250. The molecule has 0 saturated heterocycles. The number of nitrogens with zero attached hydrogens (tertiary/aromatic N) is 1. The second kappa shape index (κ2) is 7.34. The Labute approximate surface area is 142 Å². The summed E-state index contributed by atoms with van der Waals surface area (Å²) in [7, 11) is -1.80. The Bertz CT molecular complexity index is 694. The van der Waals surface area contributed by atoms with E-state index in [0.717, 1.165) is 20.8 Å². The van der Waals surface area contributed by atoms with Crippen molar-refractivity contribution in [3.63, 3.8) is 0 Å². The van der Waals surface area contributed by atoms with Gasteiger partial charge in [0, 0.05) is 25.0 Å². The molecule has 21 heavy (non-hydrogen) atoms. The van der Waals surface area contributed by atoms with E-state index < -0.39 is 10.0 Å². The Morgan fingerprint density at radius 1 is 1.38 bits per heavy atom. The molecule has 0 aliphatic rings. The molecular weight excluding hydrogens is 392 g/mol. The van der Waals surface area contributed by atoms with Gasteiger partial charge in [0.1, 0.15) is 4.21 Å². The van der Waals surface area contributed by atoms with Crippen LogP contribution in [-0.2, 0) is 23.1 Å². The number of thiophene rings is 2. The smallest absolute Gasteiger partial charge is 0.252 e. The standard InChI is InChI=1S/C13H17BrN2O2S3/c1-3-15-7-11-4-5-13(20-11)21(17,18)16(2)8-10-6-12(14)19-9-10/h4-6,9,15H,3,7-8H2,1-2H3. The zero-order valence-corrected chi connectivity index (χ0v) is 15.8. The van der Waals surface area contributed by atoms with E-state index in [1.165, 1.54) is 15.6 Å². The average molecular weight is 409 g/mol. The zero-order valence-electron chi connectivity index (χ0n) is 11.8. The first kappa shape index (κ1) is 17.1. The van der Waals surface area contributed by atoms with E-state index >= 15 is 0 Å². The molecule has 0 aliphatic heterocycles. The normalized spacial score (nSPS) is 12.2. The predicted molar refractivity (Wildman–Crippen MR) is 92.4 cm³/mol. The highest BCUT2D eigenvalue weighted by Crippen LogP contribution is 2.27. The van der Waals surface area contributed by atoms with Gasteiger partial charge in [-0.05, 0) is 51.6 Å². The predicted octanol–water partition coefficient (Wildman–Crippen LogP) is 3.50. The van der Waals surface area contributed by atoms with Crippen LogP contribution in [0.3, 0.4) is 0 Å². The number of nitrogens with one attached hydrogen (secondary N) is 1. The number of hydrogen-bond donors (Lipinski definition) is 1. The maximum Gasteiger partial charge on any atom is 0.252 e. The van der Waals surface area contributed by atoms with Crippen LogP contribution in [-0.4, -0.2) is 26.3 Å². The SMILES string of the molecule is CCNCc1ccc(S(=O)(=O)N(C)Cc2csc(Br)c2)s1. The molecule has 0 atom stereocenters. The van der Waals surface area contributed by atoms with Gasteiger partial charge in [-0.3, -0.25) is 0 Å². The maximum atomic E-state index is 12.5. The van der Waals surface area contributed by atoms with Crippen molar-refractivity contribution in [3.8, 4) is 0 Å². The average Bonchev–Trinajstić information content (AvgIpc) is 3.06. The molecule has 116 valence electrons. The van der Waals surface area contributed by atoms with Crippen LogP contribution < -0.4 is 5.32 Å². The summed E-state index contributed by atoms with van der Waals surface area (Å²) in [5, 5.41) is 5.16. The molecule has 0 bridgehead atoms. The fourth-order valence-electron chi connectivity index (χ4n) is 1.76. The fourth-order valence-corrected chi connectivity index (χ4v) is 5.66. The second-order valence-electron chi connectivity index (χ2n) is 4.52. The molecule has 2 rings (SSSR count). The molecule has 0 amide bonds. The minimum Gasteiger partial charge on any atom is -0.312 e. The third kappa shape index (κ3) is 4.37. The molecule has 0 aromatic carbocycles. The van der Waals surface area contributed by atoms with Crippen molar-refractivity contribution < 1.29 is 8.42 Å². The first-order chi connectivity index (χ1) is 9.93. The van der Waals surface area contributed by atoms with Gasteiger partial charge in [-0.2, -0.15) is 4.31 Å². The van der Waals surface area contributed by atoms with Gasteiger partial charge in [0.2, 0.25) is 0 Å². The van der Waals surface area contributed by atoms with Crippen molar-refractivity contribution in [3.05, 3.63) is 37.8 Å². The molecule has 0 fully saturated rings. The van der Waals surface area contributed by atoms with Crippen LogP contribution in [0.15, 0.2) is 31.6 Å². The minimum absolute atomic E-state index is 0.380. The molecule has 2 heterocycles. The molecular formula is C13H17BrN2O2S3. The summed E-state index contributed by atoms with van der Waals surface area (Å²) in [6.07, 6.45) is 0. The Balaban J connectivity index is 2.11. The van der Waals surface area contributed by atoms with Gasteiger partial charge >= 0.3 is 0 Å². The van der Waals surface area contributed by atoms with Crippen molar-refractivity contribution >= 4 is 48.6 Å². The highest BCUT2D eigenvalue weighted by atomic mass is 79.9. The van der Waals surface area contributed by atoms with Gasteiger partial charge in [0.15, 0.2) is 0 Å². The van der Waals surface area contributed by atoms with Crippen molar-refractivity contribution in [2.24, 2.45) is 0 Å². The molecule has 8 heteroatoms. The van der Waals surface area contributed by atoms with Crippen LogP contribution in [0.1, 0.15) is 17.4 Å². The van der Waals surface area contributed by atoms with Crippen LogP contribution in [0, 0.1) is 0 Å². The van der Waals surface area contributed by atoms with E-state index in [4.69, 9.17) is 0 Å². The monoisotopic (exact) mass is 408 g/mol. The molecule has 4 nitrogen and oxygen atoms in total. The molecule has 2 aromatic heterocycles. The van der Waals surface area contributed by atoms with Crippen LogP contribution in [0.25, 0.3) is 0 Å². The van der Waals surface area contributed by atoms with Crippen LogP contribution in [0.2, 0.25) is 0 Å². The lowest BCUT2D eigenvalue weighted by Crippen LogP contribution is -2.25.